The first-order chi connectivity index (χ1) is 26.7. The van der Waals surface area contributed by atoms with Gasteiger partial charge in [0.2, 0.25) is 0 Å². The van der Waals surface area contributed by atoms with Gasteiger partial charge in [-0.3, -0.25) is 9.97 Å². The van der Waals surface area contributed by atoms with Gasteiger partial charge >= 0.3 is 0 Å². The van der Waals surface area contributed by atoms with Gasteiger partial charge in [-0.2, -0.15) is 0 Å². The Morgan fingerprint density at radius 2 is 0.815 bits per heavy atom. The Morgan fingerprint density at radius 3 is 1.44 bits per heavy atom. The van der Waals surface area contributed by atoms with Crippen LogP contribution in [0.5, 0.6) is 0 Å². The first kappa shape index (κ1) is 30.3. The van der Waals surface area contributed by atoms with Crippen LogP contribution in [0.15, 0.2) is 176 Å². The van der Waals surface area contributed by atoms with E-state index < -0.39 is 0 Å². The topological polar surface area (TPSA) is 64.5 Å². The standard InChI is InChI=1S/C49H29N5/c1-6-35(38-28-45(30-18-22-50-23-19-30)52-46(29-38)31-20-24-51-25-21-31)26-36(7-1)43-16-13-33-10-11-34-14-17-44(54-49(34)48(33)53-43)37-12-15-39-40-8-2-4-32-5-3-9-41(47(32)40)42(39)27-37/h1-29H. The highest BCUT2D eigenvalue weighted by atomic mass is 14.8. The largest absolute Gasteiger partial charge is 0.265 e. The third-order valence-electron chi connectivity index (χ3n) is 10.6. The van der Waals surface area contributed by atoms with Gasteiger partial charge in [0.15, 0.2) is 0 Å². The highest BCUT2D eigenvalue weighted by molar-refractivity contribution is 6.15. The molecule has 54 heavy (non-hydrogen) atoms. The summed E-state index contributed by atoms with van der Waals surface area (Å²) in [5.41, 5.74) is 16.8. The maximum atomic E-state index is 5.30. The van der Waals surface area contributed by atoms with Crippen molar-refractivity contribution >= 4 is 32.6 Å². The lowest BCUT2D eigenvalue weighted by atomic mass is 9.98. The van der Waals surface area contributed by atoms with Crippen LogP contribution >= 0.6 is 0 Å². The van der Waals surface area contributed by atoms with Crippen LogP contribution in [0.25, 0.3) is 111 Å². The van der Waals surface area contributed by atoms with E-state index in [1.54, 1.807) is 24.8 Å². The molecule has 11 rings (SSSR count). The molecule has 0 saturated heterocycles. The molecule has 250 valence electrons. The van der Waals surface area contributed by atoms with E-state index in [0.29, 0.717) is 0 Å². The van der Waals surface area contributed by atoms with Crippen molar-refractivity contribution in [1.82, 2.24) is 24.9 Å². The van der Waals surface area contributed by atoms with Gasteiger partial charge in [-0.15, -0.1) is 0 Å². The molecule has 5 aromatic carbocycles. The molecular formula is C49H29N5. The molecule has 0 amide bonds. The normalized spacial score (nSPS) is 11.7. The maximum absolute atomic E-state index is 5.30. The van der Waals surface area contributed by atoms with Gasteiger partial charge in [0.05, 0.1) is 33.8 Å². The first-order valence-corrected chi connectivity index (χ1v) is 18.0. The van der Waals surface area contributed by atoms with E-state index in [1.165, 1.54) is 33.0 Å². The van der Waals surface area contributed by atoms with E-state index in [2.05, 4.69) is 137 Å². The van der Waals surface area contributed by atoms with Crippen LogP contribution in [-0.2, 0) is 0 Å². The van der Waals surface area contributed by atoms with Gasteiger partial charge in [-0.05, 0) is 105 Å². The predicted molar refractivity (Wildman–Crippen MR) is 220 cm³/mol. The fourth-order valence-electron chi connectivity index (χ4n) is 7.94. The molecular weight excluding hydrogens is 659 g/mol. The van der Waals surface area contributed by atoms with E-state index in [4.69, 9.17) is 15.0 Å². The average molecular weight is 688 g/mol. The van der Waals surface area contributed by atoms with Gasteiger partial charge in [0.25, 0.3) is 0 Å². The second-order valence-corrected chi connectivity index (χ2v) is 13.8. The molecule has 5 aromatic heterocycles. The van der Waals surface area contributed by atoms with Crippen molar-refractivity contribution in [3.63, 3.8) is 0 Å². The summed E-state index contributed by atoms with van der Waals surface area (Å²) in [5, 5.41) is 4.72. The van der Waals surface area contributed by atoms with Crippen LogP contribution in [0.2, 0.25) is 0 Å². The number of hydrogen-bond acceptors (Lipinski definition) is 5. The summed E-state index contributed by atoms with van der Waals surface area (Å²) in [6, 6.07) is 53.6. The molecule has 1 aliphatic carbocycles. The Labute approximate surface area is 311 Å². The Hall–Kier alpha value is -7.37. The Bertz CT molecular complexity index is 3040. The van der Waals surface area contributed by atoms with Crippen LogP contribution in [0.4, 0.5) is 0 Å². The highest BCUT2D eigenvalue weighted by Gasteiger charge is 2.22. The molecule has 0 fully saturated rings. The van der Waals surface area contributed by atoms with Crippen LogP contribution in [-0.4, -0.2) is 24.9 Å². The highest BCUT2D eigenvalue weighted by Crippen LogP contribution is 2.48. The van der Waals surface area contributed by atoms with Gasteiger partial charge in [-0.25, -0.2) is 15.0 Å². The lowest BCUT2D eigenvalue weighted by molar-refractivity contribution is 1.27. The van der Waals surface area contributed by atoms with Crippen LogP contribution in [0.1, 0.15) is 0 Å². The quantitative estimate of drug-likeness (QED) is 0.169. The zero-order valence-electron chi connectivity index (χ0n) is 29.0. The van der Waals surface area contributed by atoms with E-state index in [9.17, 15) is 0 Å². The molecule has 0 spiro atoms. The summed E-state index contributed by atoms with van der Waals surface area (Å²) >= 11 is 0. The summed E-state index contributed by atoms with van der Waals surface area (Å²) in [5.74, 6) is 0. The smallest absolute Gasteiger partial charge is 0.0972 e. The minimum Gasteiger partial charge on any atom is -0.265 e. The first-order valence-electron chi connectivity index (χ1n) is 18.0. The number of pyridine rings is 5. The number of nitrogens with zero attached hydrogens (tertiary/aromatic N) is 5. The fourth-order valence-corrected chi connectivity index (χ4v) is 7.94. The zero-order chi connectivity index (χ0) is 35.6. The summed E-state index contributed by atoms with van der Waals surface area (Å²) in [6.45, 7) is 0. The summed E-state index contributed by atoms with van der Waals surface area (Å²) in [6.07, 6.45) is 7.20. The van der Waals surface area contributed by atoms with Crippen molar-refractivity contribution in [2.45, 2.75) is 0 Å². The molecule has 0 radical (unpaired) electrons. The van der Waals surface area contributed by atoms with E-state index in [1.807, 2.05) is 24.3 Å². The monoisotopic (exact) mass is 687 g/mol. The minimum atomic E-state index is 0.884. The molecule has 0 aliphatic heterocycles. The van der Waals surface area contributed by atoms with Gasteiger partial charge in [-0.1, -0.05) is 91.0 Å². The number of hydrogen-bond donors (Lipinski definition) is 0. The third kappa shape index (κ3) is 4.98. The number of aromatic nitrogens is 5. The van der Waals surface area contributed by atoms with Crippen molar-refractivity contribution < 1.29 is 0 Å². The molecule has 0 saturated carbocycles. The molecule has 5 heterocycles. The molecule has 5 nitrogen and oxygen atoms in total. The molecule has 0 N–H and O–H groups in total. The molecule has 10 aromatic rings. The van der Waals surface area contributed by atoms with E-state index in [-0.39, 0.29) is 0 Å². The lowest BCUT2D eigenvalue weighted by Crippen LogP contribution is -1.93. The van der Waals surface area contributed by atoms with Crippen molar-refractivity contribution in [3.05, 3.63) is 176 Å². The van der Waals surface area contributed by atoms with E-state index >= 15 is 0 Å². The van der Waals surface area contributed by atoms with Gasteiger partial charge in [0.1, 0.15) is 0 Å². The van der Waals surface area contributed by atoms with Crippen LogP contribution < -0.4 is 0 Å². The lowest BCUT2D eigenvalue weighted by Gasteiger charge is -2.12. The Morgan fingerprint density at radius 1 is 0.278 bits per heavy atom. The number of fused-ring (bicyclic) bond motifs is 6. The average Bonchev–Trinajstić information content (AvgIpc) is 3.58. The van der Waals surface area contributed by atoms with Gasteiger partial charge in [0, 0.05) is 57.8 Å². The predicted octanol–water partition coefficient (Wildman–Crippen LogP) is 12.1. The number of benzene rings is 5. The Kier molecular flexibility index (Phi) is 6.79. The maximum Gasteiger partial charge on any atom is 0.0972 e. The summed E-state index contributed by atoms with van der Waals surface area (Å²) in [7, 11) is 0. The summed E-state index contributed by atoms with van der Waals surface area (Å²) < 4.78 is 0. The third-order valence-corrected chi connectivity index (χ3v) is 10.6. The number of rotatable bonds is 5. The van der Waals surface area contributed by atoms with Crippen molar-refractivity contribution in [1.29, 1.82) is 0 Å². The van der Waals surface area contributed by atoms with Crippen molar-refractivity contribution in [2.75, 3.05) is 0 Å². The second-order valence-electron chi connectivity index (χ2n) is 13.8. The molecule has 0 unspecified atom stereocenters. The SMILES string of the molecule is c1cc(-c2cc(-c3ccncc3)nc(-c3ccncc3)c2)cc(-c2ccc3ccc4ccc(-c5ccc6c(c5)-c5cccc7cccc-6c57)nc4c3n2)c1. The molecule has 0 bridgehead atoms. The van der Waals surface area contributed by atoms with Crippen molar-refractivity contribution in [3.8, 4) is 78.4 Å². The zero-order valence-corrected chi connectivity index (χ0v) is 29.0. The van der Waals surface area contributed by atoms with Crippen LogP contribution in [0, 0.1) is 0 Å². The minimum absolute atomic E-state index is 0.884. The molecule has 0 atom stereocenters. The molecule has 5 heteroatoms. The van der Waals surface area contributed by atoms with Crippen molar-refractivity contribution in [2.24, 2.45) is 0 Å². The molecule has 1 aliphatic rings. The van der Waals surface area contributed by atoms with E-state index in [0.717, 1.165) is 78.0 Å². The van der Waals surface area contributed by atoms with Gasteiger partial charge < -0.3 is 0 Å². The second kappa shape index (κ2) is 12.1. The fraction of sp³-hybridized carbons (Fsp3) is 0. The summed E-state index contributed by atoms with van der Waals surface area (Å²) in [4.78, 5) is 24.1. The van der Waals surface area contributed by atoms with Crippen LogP contribution in [0.3, 0.4) is 0 Å². The Balaban J connectivity index is 1.00.